The number of nitrogens with zero attached hydrogens (tertiary/aromatic N) is 4. The van der Waals surface area contributed by atoms with Crippen LogP contribution in [0.4, 0.5) is 17.3 Å². The third kappa shape index (κ3) is 3.83. The van der Waals surface area contributed by atoms with Gasteiger partial charge in [0.2, 0.25) is 11.6 Å². The van der Waals surface area contributed by atoms with Crippen molar-refractivity contribution in [1.82, 2.24) is 15.0 Å². The number of hydrogen-bond acceptors (Lipinski definition) is 6. The molecule has 10 heteroatoms. The number of para-hydroxylation sites is 1. The molecule has 0 radical (unpaired) electrons. The molecule has 4 aromatic rings. The van der Waals surface area contributed by atoms with Gasteiger partial charge in [-0.3, -0.25) is 10.1 Å². The standard InChI is InChI=1S/C22H18Cl2N6O2/c23-14-7-13(8-15(24)9-14)10-25-21-20(30(31)32)22(27-12-26-21)29-6-5-17-16-3-1-2-4-18(16)28-19(17)11-29/h1-4,7-9,12,28H,5-6,10-11H2,(H,25,26,27). The maximum Gasteiger partial charge on any atom is 0.353 e. The second-order valence-corrected chi connectivity index (χ2v) is 8.45. The van der Waals surface area contributed by atoms with Crippen molar-refractivity contribution in [2.45, 2.75) is 19.5 Å². The summed E-state index contributed by atoms with van der Waals surface area (Å²) < 4.78 is 0. The molecule has 1 aliphatic rings. The zero-order chi connectivity index (χ0) is 22.2. The highest BCUT2D eigenvalue weighted by molar-refractivity contribution is 6.34. The predicted molar refractivity (Wildman–Crippen MR) is 126 cm³/mol. The molecule has 2 N–H and O–H groups in total. The predicted octanol–water partition coefficient (Wildman–Crippen LogP) is 5.35. The summed E-state index contributed by atoms with van der Waals surface area (Å²) in [6.45, 7) is 1.41. The molecule has 0 spiro atoms. The third-order valence-electron chi connectivity index (χ3n) is 5.55. The molecule has 8 nitrogen and oxygen atoms in total. The average Bonchev–Trinajstić information content (AvgIpc) is 3.14. The van der Waals surface area contributed by atoms with E-state index in [0.717, 1.165) is 23.2 Å². The molecule has 0 bridgehead atoms. The second-order valence-electron chi connectivity index (χ2n) is 7.58. The van der Waals surface area contributed by atoms with Crippen LogP contribution in [0.15, 0.2) is 48.8 Å². The van der Waals surface area contributed by atoms with Gasteiger partial charge in [0.15, 0.2) is 0 Å². The van der Waals surface area contributed by atoms with E-state index < -0.39 is 4.92 Å². The highest BCUT2D eigenvalue weighted by atomic mass is 35.5. The monoisotopic (exact) mass is 468 g/mol. The summed E-state index contributed by atoms with van der Waals surface area (Å²) in [5.74, 6) is 0.444. The number of benzene rings is 2. The van der Waals surface area contributed by atoms with Crippen molar-refractivity contribution in [2.75, 3.05) is 16.8 Å². The Kier molecular flexibility index (Phi) is 5.32. The molecule has 162 valence electrons. The van der Waals surface area contributed by atoms with Crippen molar-refractivity contribution in [1.29, 1.82) is 0 Å². The quantitative estimate of drug-likeness (QED) is 0.302. The number of aromatic amines is 1. The van der Waals surface area contributed by atoms with Crippen molar-refractivity contribution in [2.24, 2.45) is 0 Å². The molecule has 1 aliphatic heterocycles. The van der Waals surface area contributed by atoms with Crippen molar-refractivity contribution >= 4 is 51.4 Å². The first-order valence-corrected chi connectivity index (χ1v) is 10.8. The summed E-state index contributed by atoms with van der Waals surface area (Å²) in [7, 11) is 0. The number of rotatable bonds is 5. The lowest BCUT2D eigenvalue weighted by atomic mass is 10.0. The Balaban J connectivity index is 1.45. The number of nitro groups is 1. The Bertz CT molecular complexity index is 1320. The van der Waals surface area contributed by atoms with Crippen molar-refractivity contribution in [3.63, 3.8) is 0 Å². The van der Waals surface area contributed by atoms with Crippen molar-refractivity contribution < 1.29 is 4.92 Å². The number of halogens is 2. The van der Waals surface area contributed by atoms with E-state index >= 15 is 0 Å². The van der Waals surface area contributed by atoms with Crippen LogP contribution >= 0.6 is 23.2 Å². The summed E-state index contributed by atoms with van der Waals surface area (Å²) in [6.07, 6.45) is 2.11. The van der Waals surface area contributed by atoms with Crippen LogP contribution in [0.2, 0.25) is 10.0 Å². The van der Waals surface area contributed by atoms with E-state index in [1.54, 1.807) is 18.2 Å². The number of hydrogen-bond donors (Lipinski definition) is 2. The maximum absolute atomic E-state index is 12.0. The topological polar surface area (TPSA) is 100.0 Å². The summed E-state index contributed by atoms with van der Waals surface area (Å²) in [6, 6.07) is 13.3. The van der Waals surface area contributed by atoms with E-state index in [0.29, 0.717) is 29.0 Å². The minimum absolute atomic E-state index is 0.151. The van der Waals surface area contributed by atoms with E-state index in [1.807, 2.05) is 23.1 Å². The molecule has 0 saturated carbocycles. The van der Waals surface area contributed by atoms with Crippen LogP contribution in [-0.4, -0.2) is 26.4 Å². The van der Waals surface area contributed by atoms with Gasteiger partial charge in [0.05, 0.1) is 11.5 Å². The molecule has 2 aromatic heterocycles. The number of nitrogens with one attached hydrogen (secondary N) is 2. The number of H-pyrrole nitrogens is 1. The fourth-order valence-corrected chi connectivity index (χ4v) is 4.74. The lowest BCUT2D eigenvalue weighted by Gasteiger charge is -2.27. The summed E-state index contributed by atoms with van der Waals surface area (Å²) in [5, 5.41) is 17.2. The Labute approximate surface area is 193 Å². The van der Waals surface area contributed by atoms with Crippen molar-refractivity contribution in [3.8, 4) is 0 Å². The molecular formula is C22H18Cl2N6O2. The van der Waals surface area contributed by atoms with Gasteiger partial charge in [-0.2, -0.15) is 0 Å². The van der Waals surface area contributed by atoms with Gasteiger partial charge in [0.1, 0.15) is 6.33 Å². The van der Waals surface area contributed by atoms with E-state index in [9.17, 15) is 10.1 Å². The van der Waals surface area contributed by atoms with E-state index in [4.69, 9.17) is 23.2 Å². The van der Waals surface area contributed by atoms with Gasteiger partial charge in [0, 0.05) is 39.7 Å². The van der Waals surface area contributed by atoms with E-state index in [2.05, 4.69) is 26.3 Å². The molecule has 2 aromatic carbocycles. The van der Waals surface area contributed by atoms with Crippen LogP contribution in [0.1, 0.15) is 16.8 Å². The molecule has 0 atom stereocenters. The van der Waals surface area contributed by atoms with E-state index in [1.165, 1.54) is 17.3 Å². The van der Waals surface area contributed by atoms with Crippen LogP contribution in [-0.2, 0) is 19.5 Å². The maximum atomic E-state index is 12.0. The molecule has 0 unspecified atom stereocenters. The van der Waals surface area contributed by atoms with Gasteiger partial charge >= 0.3 is 5.69 Å². The van der Waals surface area contributed by atoms with Crippen molar-refractivity contribution in [3.05, 3.63) is 85.8 Å². The van der Waals surface area contributed by atoms with Gasteiger partial charge in [0.25, 0.3) is 0 Å². The zero-order valence-corrected chi connectivity index (χ0v) is 18.3. The first kappa shape index (κ1) is 20.5. The lowest BCUT2D eigenvalue weighted by molar-refractivity contribution is -0.383. The highest BCUT2D eigenvalue weighted by Gasteiger charge is 2.30. The van der Waals surface area contributed by atoms with Crippen LogP contribution in [0.5, 0.6) is 0 Å². The second kappa shape index (κ2) is 8.29. The molecule has 32 heavy (non-hydrogen) atoms. The highest BCUT2D eigenvalue weighted by Crippen LogP contribution is 2.36. The molecule has 3 heterocycles. The van der Waals surface area contributed by atoms with Gasteiger partial charge in [-0.25, -0.2) is 9.97 Å². The Morgan fingerprint density at radius 1 is 1.16 bits per heavy atom. The summed E-state index contributed by atoms with van der Waals surface area (Å²) in [5.41, 5.74) is 4.01. The Hall–Kier alpha value is -3.36. The molecule has 0 fully saturated rings. The van der Waals surface area contributed by atoms with Crippen LogP contribution in [0.25, 0.3) is 10.9 Å². The van der Waals surface area contributed by atoms with Crippen LogP contribution in [0, 0.1) is 10.1 Å². The van der Waals surface area contributed by atoms with Gasteiger partial charge in [-0.15, -0.1) is 0 Å². The molecule has 0 amide bonds. The first-order valence-electron chi connectivity index (χ1n) is 10.0. The van der Waals surface area contributed by atoms with Crippen LogP contribution < -0.4 is 10.2 Å². The first-order chi connectivity index (χ1) is 15.5. The van der Waals surface area contributed by atoms with Crippen LogP contribution in [0.3, 0.4) is 0 Å². The molecular weight excluding hydrogens is 451 g/mol. The number of aromatic nitrogens is 3. The molecule has 0 saturated heterocycles. The van der Waals surface area contributed by atoms with E-state index in [-0.39, 0.29) is 18.1 Å². The largest absolute Gasteiger partial charge is 0.360 e. The Morgan fingerprint density at radius 2 is 1.94 bits per heavy atom. The van der Waals surface area contributed by atoms with Gasteiger partial charge in [-0.05, 0) is 41.8 Å². The number of fused-ring (bicyclic) bond motifs is 3. The average molecular weight is 469 g/mol. The normalized spacial score (nSPS) is 13.2. The zero-order valence-electron chi connectivity index (χ0n) is 16.8. The lowest BCUT2D eigenvalue weighted by Crippen LogP contribution is -2.31. The Morgan fingerprint density at radius 3 is 2.72 bits per heavy atom. The van der Waals surface area contributed by atoms with Gasteiger partial charge in [-0.1, -0.05) is 41.4 Å². The third-order valence-corrected chi connectivity index (χ3v) is 5.99. The summed E-state index contributed by atoms with van der Waals surface area (Å²) in [4.78, 5) is 25.3. The minimum atomic E-state index is -0.441. The fraction of sp³-hybridized carbons (Fsp3) is 0.182. The smallest absolute Gasteiger partial charge is 0.353 e. The SMILES string of the molecule is O=[N+]([O-])c1c(NCc2cc(Cl)cc(Cl)c2)ncnc1N1CCc2c([nH]c3ccccc23)C1. The van der Waals surface area contributed by atoms with Gasteiger partial charge < -0.3 is 15.2 Å². The molecule has 5 rings (SSSR count). The minimum Gasteiger partial charge on any atom is -0.360 e. The summed E-state index contributed by atoms with van der Waals surface area (Å²) >= 11 is 12.1. The fourth-order valence-electron chi connectivity index (χ4n) is 4.17. The number of anilines is 2. The molecule has 0 aliphatic carbocycles.